The summed E-state index contributed by atoms with van der Waals surface area (Å²) in [6.45, 7) is 0.158. The van der Waals surface area contributed by atoms with Gasteiger partial charge in [0.05, 0.1) is 19.6 Å². The first kappa shape index (κ1) is 14.8. The van der Waals surface area contributed by atoms with Gasteiger partial charge in [0.15, 0.2) is 0 Å². The fraction of sp³-hybridized carbons (Fsp3) is 1.00. The summed E-state index contributed by atoms with van der Waals surface area (Å²) in [5.74, 6) is 0.555. The van der Waals surface area contributed by atoms with Gasteiger partial charge in [0, 0.05) is 6.04 Å². The van der Waals surface area contributed by atoms with E-state index in [4.69, 9.17) is 4.74 Å². The zero-order chi connectivity index (χ0) is 12.7. The summed E-state index contributed by atoms with van der Waals surface area (Å²) in [6.07, 6.45) is 1.09. The molecule has 1 N–H and O–H groups in total. The van der Waals surface area contributed by atoms with E-state index in [0.29, 0.717) is 12.5 Å². The van der Waals surface area contributed by atoms with Crippen molar-refractivity contribution >= 4 is 0 Å². The van der Waals surface area contributed by atoms with Gasteiger partial charge in [0.1, 0.15) is 0 Å². The highest BCUT2D eigenvalue weighted by atomic mass is 19.4. The minimum atomic E-state index is -4.11. The molecule has 0 aromatic rings. The quantitative estimate of drug-likeness (QED) is 0.734. The molecule has 0 bridgehead atoms. The van der Waals surface area contributed by atoms with Crippen molar-refractivity contribution in [1.29, 1.82) is 0 Å². The molecule has 1 aliphatic carbocycles. The number of rotatable bonds is 6. The zero-order valence-electron chi connectivity index (χ0n) is 10.4. The number of nitrogens with one attached hydrogen (secondary N) is 1. The van der Waals surface area contributed by atoms with Gasteiger partial charge in [-0.05, 0) is 25.8 Å². The molecule has 0 heterocycles. The number of alkyl halides is 3. The Hall–Kier alpha value is -0.290. The van der Waals surface area contributed by atoms with Crippen LogP contribution in [0.15, 0.2) is 0 Å². The molecular formula is C12H22F3NO. The lowest BCUT2D eigenvalue weighted by Gasteiger charge is -2.29. The molecule has 17 heavy (non-hydrogen) atoms. The Morgan fingerprint density at radius 1 is 1.24 bits per heavy atom. The molecule has 102 valence electrons. The van der Waals surface area contributed by atoms with Crippen molar-refractivity contribution in [3.8, 4) is 0 Å². The molecule has 1 rings (SSSR count). The Bertz CT molecular complexity index is 202. The standard InChI is InChI=1S/C12H22F3NO/c1-16-11(10-5-3-2-4-6-10)9-17-8-7-12(13,14)15/h10-11,16H,2-9H2,1H3. The zero-order valence-corrected chi connectivity index (χ0v) is 10.4. The van der Waals surface area contributed by atoms with Gasteiger partial charge in [-0.15, -0.1) is 0 Å². The average molecular weight is 253 g/mol. The topological polar surface area (TPSA) is 21.3 Å². The van der Waals surface area contributed by atoms with Gasteiger partial charge in [-0.3, -0.25) is 0 Å². The van der Waals surface area contributed by atoms with Crippen LogP contribution in [-0.4, -0.2) is 32.5 Å². The van der Waals surface area contributed by atoms with Crippen LogP contribution in [0.5, 0.6) is 0 Å². The second-order valence-electron chi connectivity index (χ2n) is 4.73. The lowest BCUT2D eigenvalue weighted by Crippen LogP contribution is -2.39. The second-order valence-corrected chi connectivity index (χ2v) is 4.73. The molecule has 1 fully saturated rings. The molecule has 1 unspecified atom stereocenters. The molecule has 2 nitrogen and oxygen atoms in total. The van der Waals surface area contributed by atoms with E-state index in [2.05, 4.69) is 5.32 Å². The minimum Gasteiger partial charge on any atom is -0.379 e. The number of hydrogen-bond acceptors (Lipinski definition) is 2. The van der Waals surface area contributed by atoms with Gasteiger partial charge in [0.2, 0.25) is 0 Å². The monoisotopic (exact) mass is 253 g/mol. The predicted octanol–water partition coefficient (Wildman–Crippen LogP) is 3.12. The minimum absolute atomic E-state index is 0.198. The van der Waals surface area contributed by atoms with E-state index < -0.39 is 12.6 Å². The summed E-state index contributed by atoms with van der Waals surface area (Å²) >= 11 is 0. The number of likely N-dealkylation sites (N-methyl/N-ethyl adjacent to an activating group) is 1. The molecule has 1 atom stereocenters. The molecule has 0 spiro atoms. The fourth-order valence-corrected chi connectivity index (χ4v) is 2.39. The Morgan fingerprint density at radius 2 is 1.88 bits per heavy atom. The van der Waals surface area contributed by atoms with E-state index in [9.17, 15) is 13.2 Å². The maximum Gasteiger partial charge on any atom is 0.391 e. The first-order valence-corrected chi connectivity index (χ1v) is 6.34. The molecular weight excluding hydrogens is 231 g/mol. The fourth-order valence-electron chi connectivity index (χ4n) is 2.39. The van der Waals surface area contributed by atoms with Crippen LogP contribution in [-0.2, 0) is 4.74 Å². The molecule has 0 aliphatic heterocycles. The van der Waals surface area contributed by atoms with E-state index in [1.807, 2.05) is 7.05 Å². The lowest BCUT2D eigenvalue weighted by atomic mass is 9.84. The molecule has 0 radical (unpaired) electrons. The average Bonchev–Trinajstić information content (AvgIpc) is 2.29. The normalized spacial score (nSPS) is 20.5. The van der Waals surface area contributed by atoms with Crippen LogP contribution in [0, 0.1) is 5.92 Å². The lowest BCUT2D eigenvalue weighted by molar-refractivity contribution is -0.145. The van der Waals surface area contributed by atoms with E-state index in [1.165, 1.54) is 19.3 Å². The van der Waals surface area contributed by atoms with Crippen LogP contribution in [0.3, 0.4) is 0 Å². The van der Waals surface area contributed by atoms with Crippen LogP contribution in [0.25, 0.3) is 0 Å². The van der Waals surface area contributed by atoms with Gasteiger partial charge < -0.3 is 10.1 Å². The summed E-state index contributed by atoms with van der Waals surface area (Å²) in [5.41, 5.74) is 0. The van der Waals surface area contributed by atoms with Gasteiger partial charge in [-0.2, -0.15) is 13.2 Å². The van der Waals surface area contributed by atoms with E-state index in [-0.39, 0.29) is 12.6 Å². The maximum atomic E-state index is 11.9. The second kappa shape index (κ2) is 7.21. The third-order valence-electron chi connectivity index (χ3n) is 3.42. The summed E-state index contributed by atoms with van der Waals surface area (Å²) in [4.78, 5) is 0. The van der Waals surface area contributed by atoms with E-state index in [1.54, 1.807) is 0 Å². The van der Waals surface area contributed by atoms with Crippen LogP contribution in [0.1, 0.15) is 38.5 Å². The molecule has 1 aliphatic rings. The number of ether oxygens (including phenoxy) is 1. The Balaban J connectivity index is 2.18. The summed E-state index contributed by atoms with van der Waals surface area (Å²) < 4.78 is 40.9. The molecule has 0 aromatic heterocycles. The largest absolute Gasteiger partial charge is 0.391 e. The Kier molecular flexibility index (Phi) is 6.27. The third kappa shape index (κ3) is 6.27. The van der Waals surface area contributed by atoms with E-state index >= 15 is 0 Å². The molecule has 0 saturated heterocycles. The van der Waals surface area contributed by atoms with Crippen molar-refractivity contribution in [2.75, 3.05) is 20.3 Å². The molecule has 1 saturated carbocycles. The van der Waals surface area contributed by atoms with Crippen molar-refractivity contribution in [1.82, 2.24) is 5.32 Å². The van der Waals surface area contributed by atoms with Crippen molar-refractivity contribution < 1.29 is 17.9 Å². The smallest absolute Gasteiger partial charge is 0.379 e. The van der Waals surface area contributed by atoms with Crippen LogP contribution < -0.4 is 5.32 Å². The van der Waals surface area contributed by atoms with Crippen molar-refractivity contribution in [3.05, 3.63) is 0 Å². The summed E-state index contributed by atoms with van der Waals surface area (Å²) in [6, 6.07) is 0.198. The van der Waals surface area contributed by atoms with Crippen LogP contribution >= 0.6 is 0 Å². The Labute approximate surface area is 101 Å². The highest BCUT2D eigenvalue weighted by Crippen LogP contribution is 2.26. The maximum absolute atomic E-state index is 11.9. The molecule has 0 amide bonds. The summed E-state index contributed by atoms with van der Waals surface area (Å²) in [7, 11) is 1.85. The van der Waals surface area contributed by atoms with Crippen molar-refractivity contribution in [2.45, 2.75) is 50.7 Å². The third-order valence-corrected chi connectivity index (χ3v) is 3.42. The Morgan fingerprint density at radius 3 is 2.41 bits per heavy atom. The van der Waals surface area contributed by atoms with Gasteiger partial charge >= 0.3 is 6.18 Å². The van der Waals surface area contributed by atoms with Crippen molar-refractivity contribution in [3.63, 3.8) is 0 Å². The van der Waals surface area contributed by atoms with Gasteiger partial charge in [-0.1, -0.05) is 19.3 Å². The van der Waals surface area contributed by atoms with Crippen LogP contribution in [0.2, 0.25) is 0 Å². The SMILES string of the molecule is CNC(COCCC(F)(F)F)C1CCCCC1. The predicted molar refractivity (Wildman–Crippen MR) is 60.9 cm³/mol. The number of halogens is 3. The highest BCUT2D eigenvalue weighted by Gasteiger charge is 2.27. The molecule has 0 aromatic carbocycles. The summed E-state index contributed by atoms with van der Waals surface area (Å²) in [5, 5.41) is 3.16. The van der Waals surface area contributed by atoms with E-state index in [0.717, 1.165) is 12.8 Å². The van der Waals surface area contributed by atoms with Crippen LogP contribution in [0.4, 0.5) is 13.2 Å². The van der Waals surface area contributed by atoms with Crippen molar-refractivity contribution in [2.24, 2.45) is 5.92 Å². The first-order chi connectivity index (χ1) is 8.03. The van der Waals surface area contributed by atoms with Gasteiger partial charge in [-0.25, -0.2) is 0 Å². The first-order valence-electron chi connectivity index (χ1n) is 6.34. The number of hydrogen-bond donors (Lipinski definition) is 1. The highest BCUT2D eigenvalue weighted by molar-refractivity contribution is 4.78. The van der Waals surface area contributed by atoms with Gasteiger partial charge in [0.25, 0.3) is 0 Å². The molecule has 5 heteroatoms.